The lowest BCUT2D eigenvalue weighted by Gasteiger charge is -2.07. The van der Waals surface area contributed by atoms with Crippen LogP contribution in [-0.2, 0) is 0 Å². The number of hydrogen-bond acceptors (Lipinski definition) is 2. The monoisotopic (exact) mass is 202 g/mol. The zero-order chi connectivity index (χ0) is 10.1. The maximum Gasteiger partial charge on any atom is 0.106 e. The molecule has 0 aliphatic carbocycles. The molecule has 0 aromatic heterocycles. The summed E-state index contributed by atoms with van der Waals surface area (Å²) in [6, 6.07) is 11.7. The molecule has 0 spiro atoms. The molecule has 2 aromatic rings. The Morgan fingerprint density at radius 3 is 2.50 bits per heavy atom. The van der Waals surface area contributed by atoms with Crippen LogP contribution in [-0.4, -0.2) is 4.99 Å². The molecule has 2 aromatic carbocycles. The van der Waals surface area contributed by atoms with Crippen LogP contribution in [0, 0.1) is 0 Å². The molecule has 0 heterocycles. The first-order chi connectivity index (χ1) is 6.70. The molecule has 0 unspecified atom stereocenters. The van der Waals surface area contributed by atoms with Crippen LogP contribution < -0.4 is 11.5 Å². The van der Waals surface area contributed by atoms with E-state index in [-0.39, 0.29) is 0 Å². The van der Waals surface area contributed by atoms with Gasteiger partial charge in [-0.25, -0.2) is 0 Å². The third-order valence-electron chi connectivity index (χ3n) is 2.24. The molecule has 2 rings (SSSR count). The number of benzene rings is 2. The van der Waals surface area contributed by atoms with Crippen molar-refractivity contribution in [1.29, 1.82) is 0 Å². The molecule has 0 aliphatic heterocycles. The number of rotatable bonds is 1. The number of nitrogens with two attached hydrogens (primary N) is 2. The average molecular weight is 202 g/mol. The SMILES string of the molecule is NC(=S)c1ccc2ccccc2c1N. The van der Waals surface area contributed by atoms with E-state index < -0.39 is 0 Å². The Kier molecular flexibility index (Phi) is 2.09. The van der Waals surface area contributed by atoms with Gasteiger partial charge in [0, 0.05) is 16.6 Å². The maximum absolute atomic E-state index is 5.95. The van der Waals surface area contributed by atoms with Crippen molar-refractivity contribution in [1.82, 2.24) is 0 Å². The molecular weight excluding hydrogens is 192 g/mol. The van der Waals surface area contributed by atoms with Gasteiger partial charge in [0.25, 0.3) is 0 Å². The first-order valence-corrected chi connectivity index (χ1v) is 4.68. The summed E-state index contributed by atoms with van der Waals surface area (Å²) in [5, 5.41) is 2.10. The fourth-order valence-corrected chi connectivity index (χ4v) is 1.69. The van der Waals surface area contributed by atoms with Gasteiger partial charge in [0.05, 0.1) is 0 Å². The molecule has 0 bridgehead atoms. The summed E-state index contributed by atoms with van der Waals surface area (Å²) in [6.07, 6.45) is 0. The van der Waals surface area contributed by atoms with Crippen molar-refractivity contribution in [2.75, 3.05) is 5.73 Å². The van der Waals surface area contributed by atoms with Gasteiger partial charge in [-0.1, -0.05) is 42.5 Å². The highest BCUT2D eigenvalue weighted by Crippen LogP contribution is 2.24. The lowest BCUT2D eigenvalue weighted by molar-refractivity contribution is 1.65. The van der Waals surface area contributed by atoms with Crippen molar-refractivity contribution in [3.8, 4) is 0 Å². The van der Waals surface area contributed by atoms with Gasteiger partial charge in [0.1, 0.15) is 4.99 Å². The van der Waals surface area contributed by atoms with Gasteiger partial charge in [-0.2, -0.15) is 0 Å². The Labute approximate surface area is 87.5 Å². The molecule has 0 fully saturated rings. The highest BCUT2D eigenvalue weighted by molar-refractivity contribution is 7.80. The van der Waals surface area contributed by atoms with E-state index in [0.29, 0.717) is 10.7 Å². The van der Waals surface area contributed by atoms with Crippen LogP contribution in [0.5, 0.6) is 0 Å². The minimum atomic E-state index is 0.341. The molecular formula is C11H10N2S. The van der Waals surface area contributed by atoms with Crippen molar-refractivity contribution >= 4 is 33.7 Å². The topological polar surface area (TPSA) is 52.0 Å². The summed E-state index contributed by atoms with van der Waals surface area (Å²) in [6.45, 7) is 0. The molecule has 70 valence electrons. The first kappa shape index (κ1) is 8.97. The van der Waals surface area contributed by atoms with Crippen molar-refractivity contribution in [2.45, 2.75) is 0 Å². The normalized spacial score (nSPS) is 10.3. The van der Waals surface area contributed by atoms with Gasteiger partial charge in [-0.3, -0.25) is 0 Å². The second-order valence-corrected chi connectivity index (χ2v) is 3.55. The van der Waals surface area contributed by atoms with Crippen LogP contribution in [0.25, 0.3) is 10.8 Å². The van der Waals surface area contributed by atoms with E-state index in [4.69, 9.17) is 23.7 Å². The largest absolute Gasteiger partial charge is 0.398 e. The van der Waals surface area contributed by atoms with E-state index in [1.54, 1.807) is 0 Å². The third-order valence-corrected chi connectivity index (χ3v) is 2.46. The van der Waals surface area contributed by atoms with E-state index >= 15 is 0 Å². The lowest BCUT2D eigenvalue weighted by Crippen LogP contribution is -2.12. The zero-order valence-corrected chi connectivity index (χ0v) is 8.34. The summed E-state index contributed by atoms with van der Waals surface area (Å²) < 4.78 is 0. The van der Waals surface area contributed by atoms with Crippen molar-refractivity contribution in [2.24, 2.45) is 5.73 Å². The Bertz CT molecular complexity index is 506. The molecule has 0 saturated carbocycles. The minimum Gasteiger partial charge on any atom is -0.398 e. The van der Waals surface area contributed by atoms with Gasteiger partial charge in [0.2, 0.25) is 0 Å². The molecule has 0 radical (unpaired) electrons. The van der Waals surface area contributed by atoms with Crippen LogP contribution >= 0.6 is 12.2 Å². The van der Waals surface area contributed by atoms with Crippen LogP contribution in [0.3, 0.4) is 0 Å². The number of fused-ring (bicyclic) bond motifs is 1. The Hall–Kier alpha value is -1.61. The molecule has 0 amide bonds. The van der Waals surface area contributed by atoms with Gasteiger partial charge < -0.3 is 11.5 Å². The van der Waals surface area contributed by atoms with Gasteiger partial charge in [-0.05, 0) is 11.5 Å². The zero-order valence-electron chi connectivity index (χ0n) is 7.53. The number of anilines is 1. The highest BCUT2D eigenvalue weighted by atomic mass is 32.1. The Morgan fingerprint density at radius 2 is 1.79 bits per heavy atom. The van der Waals surface area contributed by atoms with E-state index in [2.05, 4.69) is 0 Å². The van der Waals surface area contributed by atoms with Crippen molar-refractivity contribution in [3.05, 3.63) is 42.0 Å². The van der Waals surface area contributed by atoms with E-state index in [9.17, 15) is 0 Å². The predicted molar refractivity (Wildman–Crippen MR) is 64.2 cm³/mol. The van der Waals surface area contributed by atoms with E-state index in [1.165, 1.54) is 0 Å². The minimum absolute atomic E-state index is 0.341. The van der Waals surface area contributed by atoms with Crippen molar-refractivity contribution < 1.29 is 0 Å². The molecule has 0 aliphatic rings. The molecule has 4 N–H and O–H groups in total. The van der Waals surface area contributed by atoms with Gasteiger partial charge >= 0.3 is 0 Å². The fraction of sp³-hybridized carbons (Fsp3) is 0. The number of nitrogen functional groups attached to an aromatic ring is 1. The standard InChI is InChI=1S/C11H10N2S/c12-10-8-4-2-1-3-7(8)5-6-9(10)11(13)14/h1-6H,12H2,(H2,13,14). The quantitative estimate of drug-likeness (QED) is 0.549. The summed E-state index contributed by atoms with van der Waals surface area (Å²) in [5.41, 5.74) is 12.9. The third kappa shape index (κ3) is 1.32. The summed E-state index contributed by atoms with van der Waals surface area (Å²) in [5.74, 6) is 0. The van der Waals surface area contributed by atoms with E-state index in [1.807, 2.05) is 36.4 Å². The van der Waals surface area contributed by atoms with Crippen molar-refractivity contribution in [3.63, 3.8) is 0 Å². The summed E-state index contributed by atoms with van der Waals surface area (Å²) in [7, 11) is 0. The molecule has 0 atom stereocenters. The predicted octanol–water partition coefficient (Wildman–Crippen LogP) is 2.06. The van der Waals surface area contributed by atoms with Crippen LogP contribution in [0.2, 0.25) is 0 Å². The number of hydrogen-bond donors (Lipinski definition) is 2. The lowest BCUT2D eigenvalue weighted by atomic mass is 10.0. The summed E-state index contributed by atoms with van der Waals surface area (Å²) in [4.78, 5) is 0.341. The fourth-order valence-electron chi connectivity index (χ4n) is 1.51. The summed E-state index contributed by atoms with van der Waals surface area (Å²) >= 11 is 4.91. The highest BCUT2D eigenvalue weighted by Gasteiger charge is 2.05. The molecule has 0 saturated heterocycles. The molecule has 3 heteroatoms. The maximum atomic E-state index is 5.95. The van der Waals surface area contributed by atoms with Crippen LogP contribution in [0.15, 0.2) is 36.4 Å². The van der Waals surface area contributed by atoms with Crippen LogP contribution in [0.4, 0.5) is 5.69 Å². The smallest absolute Gasteiger partial charge is 0.106 e. The Morgan fingerprint density at radius 1 is 1.07 bits per heavy atom. The number of thiocarbonyl (C=S) groups is 1. The Balaban J connectivity index is 2.81. The van der Waals surface area contributed by atoms with Gasteiger partial charge in [-0.15, -0.1) is 0 Å². The van der Waals surface area contributed by atoms with Crippen LogP contribution in [0.1, 0.15) is 5.56 Å². The molecule has 2 nitrogen and oxygen atoms in total. The molecule has 14 heavy (non-hydrogen) atoms. The first-order valence-electron chi connectivity index (χ1n) is 4.27. The van der Waals surface area contributed by atoms with Gasteiger partial charge in [0.15, 0.2) is 0 Å². The van der Waals surface area contributed by atoms with E-state index in [0.717, 1.165) is 16.3 Å². The second-order valence-electron chi connectivity index (χ2n) is 3.11. The average Bonchev–Trinajstić information content (AvgIpc) is 2.18. The second kappa shape index (κ2) is 3.27.